The van der Waals surface area contributed by atoms with E-state index in [0.717, 1.165) is 31.2 Å². The number of hydrogen-bond donors (Lipinski definition) is 2. The molecule has 0 atom stereocenters. The van der Waals surface area contributed by atoms with Crippen molar-refractivity contribution in [1.82, 2.24) is 10.2 Å². The predicted molar refractivity (Wildman–Crippen MR) is 112 cm³/mol. The third-order valence-corrected chi connectivity index (χ3v) is 6.53. The van der Waals surface area contributed by atoms with Crippen LogP contribution in [0, 0.1) is 0 Å². The number of carbonyl (C=O) groups excluding carboxylic acids is 3. The Labute approximate surface area is 178 Å². The first-order valence-electron chi connectivity index (χ1n) is 10.3. The number of aryl methyl sites for hydroxylation is 1. The van der Waals surface area contributed by atoms with Gasteiger partial charge < -0.3 is 24.7 Å². The normalized spacial score (nSPS) is 16.1. The molecular formula is C21H25N3O5S. The van der Waals surface area contributed by atoms with Gasteiger partial charge in [-0.2, -0.15) is 0 Å². The maximum atomic E-state index is 13.2. The van der Waals surface area contributed by atoms with Gasteiger partial charge in [0.15, 0.2) is 5.76 Å². The SMILES string of the molecule is O=C(CCNC(=O)c1ccco1)Nc1sc2c(c1C(=O)N1CCOCC1)CCCC2. The fourth-order valence-corrected chi connectivity index (χ4v) is 5.08. The summed E-state index contributed by atoms with van der Waals surface area (Å²) in [6.07, 6.45) is 5.50. The van der Waals surface area contributed by atoms with Crippen LogP contribution in [-0.2, 0) is 22.4 Å². The summed E-state index contributed by atoms with van der Waals surface area (Å²) in [5, 5.41) is 6.21. The Morgan fingerprint density at radius 3 is 2.70 bits per heavy atom. The molecular weight excluding hydrogens is 406 g/mol. The van der Waals surface area contributed by atoms with Gasteiger partial charge in [0.2, 0.25) is 5.91 Å². The van der Waals surface area contributed by atoms with E-state index in [2.05, 4.69) is 10.6 Å². The van der Waals surface area contributed by atoms with E-state index < -0.39 is 0 Å². The van der Waals surface area contributed by atoms with Crippen LogP contribution in [0.2, 0.25) is 0 Å². The van der Waals surface area contributed by atoms with Crippen molar-refractivity contribution in [3.8, 4) is 0 Å². The van der Waals surface area contributed by atoms with Crippen LogP contribution in [0.25, 0.3) is 0 Å². The average molecular weight is 432 g/mol. The fourth-order valence-electron chi connectivity index (χ4n) is 3.78. The molecule has 2 aliphatic rings. The minimum absolute atomic E-state index is 0.0286. The number of fused-ring (bicyclic) bond motifs is 1. The number of ether oxygens (including phenoxy) is 1. The Hall–Kier alpha value is -2.65. The number of hydrogen-bond acceptors (Lipinski definition) is 6. The molecule has 8 nitrogen and oxygen atoms in total. The Morgan fingerprint density at radius 1 is 1.13 bits per heavy atom. The summed E-state index contributed by atoms with van der Waals surface area (Å²) in [5.41, 5.74) is 1.73. The molecule has 2 N–H and O–H groups in total. The first kappa shape index (κ1) is 20.6. The Morgan fingerprint density at radius 2 is 1.93 bits per heavy atom. The van der Waals surface area contributed by atoms with Crippen LogP contribution >= 0.6 is 11.3 Å². The largest absolute Gasteiger partial charge is 0.459 e. The van der Waals surface area contributed by atoms with E-state index >= 15 is 0 Å². The molecule has 0 unspecified atom stereocenters. The van der Waals surface area contributed by atoms with Crippen LogP contribution < -0.4 is 10.6 Å². The van der Waals surface area contributed by atoms with E-state index in [1.807, 2.05) is 0 Å². The van der Waals surface area contributed by atoms with Crippen LogP contribution in [0.1, 0.15) is 50.6 Å². The number of anilines is 1. The van der Waals surface area contributed by atoms with Gasteiger partial charge in [-0.3, -0.25) is 14.4 Å². The number of nitrogens with one attached hydrogen (secondary N) is 2. The van der Waals surface area contributed by atoms with Crippen LogP contribution in [0.15, 0.2) is 22.8 Å². The van der Waals surface area contributed by atoms with Crippen molar-refractivity contribution in [3.63, 3.8) is 0 Å². The summed E-state index contributed by atoms with van der Waals surface area (Å²) >= 11 is 1.51. The van der Waals surface area contributed by atoms with Crippen LogP contribution in [0.3, 0.4) is 0 Å². The predicted octanol–water partition coefficient (Wildman–Crippen LogP) is 2.45. The summed E-state index contributed by atoms with van der Waals surface area (Å²) in [6, 6.07) is 3.20. The highest BCUT2D eigenvalue weighted by Crippen LogP contribution is 2.39. The molecule has 0 radical (unpaired) electrons. The molecule has 3 amide bonds. The second-order valence-electron chi connectivity index (χ2n) is 7.35. The Kier molecular flexibility index (Phi) is 6.49. The Balaban J connectivity index is 1.42. The summed E-state index contributed by atoms with van der Waals surface area (Å²) < 4.78 is 10.4. The van der Waals surface area contributed by atoms with E-state index in [1.54, 1.807) is 17.0 Å². The van der Waals surface area contributed by atoms with Crippen molar-refractivity contribution in [2.24, 2.45) is 0 Å². The number of carbonyl (C=O) groups is 3. The molecule has 30 heavy (non-hydrogen) atoms. The zero-order valence-electron chi connectivity index (χ0n) is 16.7. The van der Waals surface area contributed by atoms with E-state index in [9.17, 15) is 14.4 Å². The molecule has 1 aliphatic heterocycles. The van der Waals surface area contributed by atoms with E-state index in [1.165, 1.54) is 22.5 Å². The minimum atomic E-state index is -0.359. The zero-order chi connectivity index (χ0) is 20.9. The lowest BCUT2D eigenvalue weighted by atomic mass is 9.95. The van der Waals surface area contributed by atoms with Gasteiger partial charge in [-0.1, -0.05) is 0 Å². The first-order chi connectivity index (χ1) is 14.6. The number of rotatable bonds is 6. The molecule has 2 aromatic rings. The van der Waals surface area contributed by atoms with Gasteiger partial charge in [0, 0.05) is 30.9 Å². The molecule has 0 saturated carbocycles. The van der Waals surface area contributed by atoms with Crippen LogP contribution in [-0.4, -0.2) is 55.5 Å². The third-order valence-electron chi connectivity index (χ3n) is 5.32. The lowest BCUT2D eigenvalue weighted by molar-refractivity contribution is -0.116. The monoisotopic (exact) mass is 431 g/mol. The van der Waals surface area contributed by atoms with Gasteiger partial charge in [-0.05, 0) is 43.4 Å². The second-order valence-corrected chi connectivity index (χ2v) is 8.46. The number of thiophene rings is 1. The summed E-state index contributed by atoms with van der Waals surface area (Å²) in [5.74, 6) is -0.411. The van der Waals surface area contributed by atoms with Gasteiger partial charge in [0.05, 0.1) is 25.0 Å². The van der Waals surface area contributed by atoms with E-state index in [4.69, 9.17) is 9.15 Å². The van der Waals surface area contributed by atoms with Gasteiger partial charge >= 0.3 is 0 Å². The molecule has 9 heteroatoms. The fraction of sp³-hybridized carbons (Fsp3) is 0.476. The topological polar surface area (TPSA) is 101 Å². The lowest BCUT2D eigenvalue weighted by Crippen LogP contribution is -2.41. The third kappa shape index (κ3) is 4.57. The van der Waals surface area contributed by atoms with Crippen LogP contribution in [0.4, 0.5) is 5.00 Å². The number of morpholine rings is 1. The molecule has 0 bridgehead atoms. The highest BCUT2D eigenvalue weighted by atomic mass is 32.1. The number of amides is 3. The molecule has 160 valence electrons. The summed E-state index contributed by atoms with van der Waals surface area (Å²) in [4.78, 5) is 40.6. The molecule has 1 saturated heterocycles. The Bertz CT molecular complexity index is 915. The van der Waals surface area contributed by atoms with Crippen molar-refractivity contribution in [3.05, 3.63) is 40.2 Å². The standard InChI is InChI=1S/C21H25N3O5S/c25-17(7-8-22-19(26)15-5-3-11-29-15)23-20-18(14-4-1-2-6-16(14)30-20)21(27)24-9-12-28-13-10-24/h3,5,11H,1-2,4,6-10,12-13H2,(H,22,26)(H,23,25). The summed E-state index contributed by atoms with van der Waals surface area (Å²) in [7, 11) is 0. The van der Waals surface area contributed by atoms with Crippen molar-refractivity contribution >= 4 is 34.1 Å². The second kappa shape index (κ2) is 9.44. The van der Waals surface area contributed by atoms with Gasteiger partial charge in [-0.15, -0.1) is 11.3 Å². The van der Waals surface area contributed by atoms with Crippen molar-refractivity contribution in [2.45, 2.75) is 32.1 Å². The molecule has 3 heterocycles. The van der Waals surface area contributed by atoms with Gasteiger partial charge in [-0.25, -0.2) is 0 Å². The molecule has 4 rings (SSSR count). The van der Waals surface area contributed by atoms with Crippen LogP contribution in [0.5, 0.6) is 0 Å². The molecule has 2 aromatic heterocycles. The van der Waals surface area contributed by atoms with Crippen molar-refractivity contribution in [1.29, 1.82) is 0 Å². The maximum Gasteiger partial charge on any atom is 0.286 e. The molecule has 1 aliphatic carbocycles. The van der Waals surface area contributed by atoms with Gasteiger partial charge in [0.25, 0.3) is 11.8 Å². The average Bonchev–Trinajstić information content (AvgIpc) is 3.42. The van der Waals surface area contributed by atoms with E-state index in [0.29, 0.717) is 36.9 Å². The smallest absolute Gasteiger partial charge is 0.286 e. The summed E-state index contributed by atoms with van der Waals surface area (Å²) in [6.45, 7) is 2.39. The minimum Gasteiger partial charge on any atom is -0.459 e. The molecule has 1 fully saturated rings. The quantitative estimate of drug-likeness (QED) is 0.732. The van der Waals surface area contributed by atoms with Crippen molar-refractivity contribution in [2.75, 3.05) is 38.2 Å². The molecule has 0 aromatic carbocycles. The lowest BCUT2D eigenvalue weighted by Gasteiger charge is -2.27. The zero-order valence-corrected chi connectivity index (χ0v) is 17.5. The van der Waals surface area contributed by atoms with E-state index in [-0.39, 0.29) is 36.4 Å². The maximum absolute atomic E-state index is 13.2. The highest BCUT2D eigenvalue weighted by molar-refractivity contribution is 7.17. The molecule has 0 spiro atoms. The number of furan rings is 1. The highest BCUT2D eigenvalue weighted by Gasteiger charge is 2.30. The first-order valence-corrected chi connectivity index (χ1v) is 11.1. The van der Waals surface area contributed by atoms with Crippen molar-refractivity contribution < 1.29 is 23.5 Å². The number of nitrogens with zero attached hydrogens (tertiary/aromatic N) is 1. The van der Waals surface area contributed by atoms with Gasteiger partial charge in [0.1, 0.15) is 5.00 Å².